The molecule has 2 aromatic heterocycles. The first-order chi connectivity index (χ1) is 26.6. The molecule has 3 aromatic rings. The van der Waals surface area contributed by atoms with Crippen LogP contribution in [0.2, 0.25) is 0 Å². The van der Waals surface area contributed by atoms with Gasteiger partial charge in [-0.2, -0.15) is 17.9 Å². The van der Waals surface area contributed by atoms with Crippen molar-refractivity contribution in [1.29, 1.82) is 0 Å². The number of aromatic amines is 1. The van der Waals surface area contributed by atoms with E-state index in [2.05, 4.69) is 22.4 Å². The van der Waals surface area contributed by atoms with Crippen molar-refractivity contribution in [1.82, 2.24) is 19.1 Å². The number of anilines is 1. The van der Waals surface area contributed by atoms with E-state index in [0.717, 1.165) is 22.4 Å². The number of nitrogens with zero attached hydrogens (tertiary/aromatic N) is 3. The Morgan fingerprint density at radius 1 is 0.702 bits per heavy atom. The van der Waals surface area contributed by atoms with E-state index in [0.29, 0.717) is 4.57 Å². The SMILES string of the molecule is Nc1ccn([C@@H]2O[C@H](COP(=O)(O)OP(=O)(O)OP(=O)(O)OP(=O)(O)OC[C@@H]3O[C@H](n4ccc(=O)[nH]c4=O)[C@@H](O)[C@H]3O)[C@H]3OC(Cc4ccccc4)O[C@H]32)c(=O)n1. The first-order valence-electron chi connectivity index (χ1n) is 16.0. The third kappa shape index (κ3) is 10.8. The van der Waals surface area contributed by atoms with E-state index in [9.17, 15) is 62.4 Å². The maximum atomic E-state index is 12.7. The molecule has 314 valence electrons. The summed E-state index contributed by atoms with van der Waals surface area (Å²) in [6, 6.07) is 11.1. The van der Waals surface area contributed by atoms with Crippen molar-refractivity contribution in [3.8, 4) is 0 Å². The van der Waals surface area contributed by atoms with Crippen LogP contribution in [-0.2, 0) is 65.6 Å². The van der Waals surface area contributed by atoms with Crippen LogP contribution in [-0.4, -0.2) is 105 Å². The number of hydrogen-bond acceptors (Lipinski definition) is 20. The Morgan fingerprint density at radius 2 is 1.26 bits per heavy atom. The van der Waals surface area contributed by atoms with Gasteiger partial charge in [-0.25, -0.2) is 27.8 Å². The number of hydrogen-bond donors (Lipinski definition) is 8. The molecule has 27 nitrogen and oxygen atoms in total. The van der Waals surface area contributed by atoms with Crippen molar-refractivity contribution < 1.29 is 89.0 Å². The number of nitrogen functional groups attached to an aromatic ring is 1. The Bertz CT molecular complexity index is 2310. The van der Waals surface area contributed by atoms with Crippen molar-refractivity contribution in [3.05, 3.63) is 91.7 Å². The van der Waals surface area contributed by atoms with Crippen molar-refractivity contribution in [2.45, 2.75) is 61.8 Å². The van der Waals surface area contributed by atoms with Crippen LogP contribution in [0.5, 0.6) is 0 Å². The molecule has 0 spiro atoms. The number of aliphatic hydroxyl groups excluding tert-OH is 2. The Morgan fingerprint density at radius 3 is 1.88 bits per heavy atom. The number of phosphoric ester groups is 2. The maximum absolute atomic E-state index is 12.7. The second-order valence-corrected chi connectivity index (χ2v) is 18.4. The van der Waals surface area contributed by atoms with Gasteiger partial charge in [-0.3, -0.25) is 28.0 Å². The van der Waals surface area contributed by atoms with Crippen LogP contribution in [0.4, 0.5) is 5.82 Å². The smallest absolute Gasteiger partial charge is 0.387 e. The molecule has 1 aromatic carbocycles. The molecule has 0 aliphatic carbocycles. The van der Waals surface area contributed by atoms with Crippen molar-refractivity contribution in [2.75, 3.05) is 18.9 Å². The zero-order chi connectivity index (χ0) is 41.5. The highest BCUT2D eigenvalue weighted by Gasteiger charge is 2.55. The van der Waals surface area contributed by atoms with E-state index in [1.165, 1.54) is 12.3 Å². The van der Waals surface area contributed by atoms with E-state index >= 15 is 0 Å². The number of aliphatic hydroxyl groups is 2. The number of phosphoric acid groups is 4. The zero-order valence-electron chi connectivity index (χ0n) is 28.4. The van der Waals surface area contributed by atoms with E-state index in [4.69, 9.17) is 29.2 Å². The van der Waals surface area contributed by atoms with Gasteiger partial charge in [0.25, 0.3) is 5.56 Å². The fraction of sp³-hybridized carbons (Fsp3) is 0.462. The quantitative estimate of drug-likeness (QED) is 0.0777. The van der Waals surface area contributed by atoms with Crippen LogP contribution in [0.15, 0.2) is 69.2 Å². The summed E-state index contributed by atoms with van der Waals surface area (Å²) in [4.78, 5) is 81.6. The van der Waals surface area contributed by atoms with Crippen LogP contribution in [0.3, 0.4) is 0 Å². The fourth-order valence-electron chi connectivity index (χ4n) is 5.81. The first kappa shape index (κ1) is 43.5. The topological polar surface area (TPSA) is 388 Å². The molecule has 5 unspecified atom stereocenters. The van der Waals surface area contributed by atoms with E-state index in [1.807, 2.05) is 4.98 Å². The van der Waals surface area contributed by atoms with Gasteiger partial charge in [0.05, 0.1) is 13.2 Å². The minimum absolute atomic E-state index is 0.102. The number of ether oxygens (including phenoxy) is 4. The molecule has 0 saturated carbocycles. The summed E-state index contributed by atoms with van der Waals surface area (Å²) in [6.45, 7) is -2.15. The van der Waals surface area contributed by atoms with Crippen molar-refractivity contribution in [2.24, 2.45) is 0 Å². The first-order valence-corrected chi connectivity index (χ1v) is 22.0. The van der Waals surface area contributed by atoms with E-state index in [-0.39, 0.29) is 12.2 Å². The molecule has 3 saturated heterocycles. The van der Waals surface area contributed by atoms with Crippen LogP contribution < -0.4 is 22.7 Å². The third-order valence-electron chi connectivity index (χ3n) is 8.16. The number of benzene rings is 1. The number of H-pyrrole nitrogens is 1. The summed E-state index contributed by atoms with van der Waals surface area (Å²) in [5, 5.41) is 20.5. The summed E-state index contributed by atoms with van der Waals surface area (Å²) in [5.74, 6) is -0.102. The van der Waals surface area contributed by atoms with Crippen molar-refractivity contribution in [3.63, 3.8) is 0 Å². The van der Waals surface area contributed by atoms with Gasteiger partial charge in [0.1, 0.15) is 42.4 Å². The molecule has 31 heteroatoms. The molecule has 3 aliphatic heterocycles. The molecule has 3 fully saturated rings. The molecule has 13 atom stereocenters. The Kier molecular flexibility index (Phi) is 12.9. The summed E-state index contributed by atoms with van der Waals surface area (Å²) < 4.78 is 95.8. The second kappa shape index (κ2) is 16.9. The minimum Gasteiger partial charge on any atom is -0.387 e. The molecule has 0 bridgehead atoms. The predicted octanol–water partition coefficient (Wildman–Crippen LogP) is -1.27. The standard InChI is InChI=1S/C26H33N5O22P4/c27-16-6-8-31(25(35)28-16)24-22-21(49-18(50-22)10-13-4-2-1-3-5-13)15(48-24)12-46-55(39,40)52-57(43,44)53-56(41,42)51-54(37,38)45-11-14-19(33)20(34)23(47-14)30-9-7-17(32)29-26(30)36/h1-9,14-15,18-24,33-34H,10-12H2,(H,37,38)(H,39,40)(H,41,42)(H,43,44)(H2,27,28,35)(H,29,32,36)/t14-,15+,18?,19-,20-,21+,22+,23-,24+/m0/s1. The molecule has 6 rings (SSSR count). The van der Waals surface area contributed by atoms with Gasteiger partial charge in [-0.15, -0.1) is 0 Å². The number of aromatic nitrogens is 4. The highest BCUT2D eigenvalue weighted by molar-refractivity contribution is 7.69. The molecule has 5 heterocycles. The maximum Gasteiger partial charge on any atom is 0.490 e. The van der Waals surface area contributed by atoms with Crippen LogP contribution >= 0.6 is 31.3 Å². The van der Waals surface area contributed by atoms with Crippen LogP contribution in [0, 0.1) is 0 Å². The normalized spacial score (nSPS) is 31.5. The van der Waals surface area contributed by atoms with Crippen LogP contribution in [0.1, 0.15) is 18.0 Å². The Balaban J connectivity index is 1.05. The van der Waals surface area contributed by atoms with Gasteiger partial charge in [-0.05, 0) is 11.6 Å². The van der Waals surface area contributed by atoms with E-state index in [1.54, 1.807) is 30.3 Å². The Hall–Kier alpha value is -3.10. The lowest BCUT2D eigenvalue weighted by Gasteiger charge is -2.23. The van der Waals surface area contributed by atoms with E-state index < -0.39 is 117 Å². The van der Waals surface area contributed by atoms with Gasteiger partial charge >= 0.3 is 42.7 Å². The average molecular weight is 891 g/mol. The number of nitrogens with two attached hydrogens (primary N) is 1. The Labute approximate surface area is 317 Å². The number of rotatable bonds is 16. The molecular weight excluding hydrogens is 858 g/mol. The zero-order valence-corrected chi connectivity index (χ0v) is 32.0. The lowest BCUT2D eigenvalue weighted by molar-refractivity contribution is -0.150. The highest BCUT2D eigenvalue weighted by Crippen LogP contribution is 2.71. The second-order valence-electron chi connectivity index (χ2n) is 12.2. The molecule has 0 radical (unpaired) electrons. The molecule has 0 amide bonds. The molecule has 57 heavy (non-hydrogen) atoms. The third-order valence-corrected chi connectivity index (χ3v) is 14.1. The highest BCUT2D eigenvalue weighted by atomic mass is 31.3. The summed E-state index contributed by atoms with van der Waals surface area (Å²) in [7, 11) is -24.0. The predicted molar refractivity (Wildman–Crippen MR) is 182 cm³/mol. The molecular formula is C26H33N5O22P4. The van der Waals surface area contributed by atoms with Gasteiger partial charge in [0.2, 0.25) is 0 Å². The largest absolute Gasteiger partial charge is 0.490 e. The number of nitrogens with one attached hydrogen (secondary N) is 1. The van der Waals surface area contributed by atoms with Gasteiger partial charge < -0.3 is 54.5 Å². The lowest BCUT2D eigenvalue weighted by atomic mass is 10.1. The summed E-state index contributed by atoms with van der Waals surface area (Å²) >= 11 is 0. The lowest BCUT2D eigenvalue weighted by Crippen LogP contribution is -2.37. The summed E-state index contributed by atoms with van der Waals surface area (Å²) in [6.07, 6.45) is -10.4. The van der Waals surface area contributed by atoms with Gasteiger partial charge in [0, 0.05) is 24.9 Å². The van der Waals surface area contributed by atoms with Crippen molar-refractivity contribution >= 4 is 37.1 Å². The fourth-order valence-corrected chi connectivity index (χ4v) is 10.8. The van der Waals surface area contributed by atoms with Gasteiger partial charge in [-0.1, -0.05) is 30.3 Å². The van der Waals surface area contributed by atoms with Gasteiger partial charge in [0.15, 0.2) is 18.7 Å². The molecule has 9 N–H and O–H groups in total. The molecule has 3 aliphatic rings. The average Bonchev–Trinajstić information content (AvgIpc) is 3.73. The van der Waals surface area contributed by atoms with Crippen LogP contribution in [0.25, 0.3) is 0 Å². The monoisotopic (exact) mass is 891 g/mol. The minimum atomic E-state index is -6.23. The summed E-state index contributed by atoms with van der Waals surface area (Å²) in [5.41, 5.74) is 3.67. The number of fused-ring (bicyclic) bond motifs is 1.